The molecule has 0 saturated carbocycles. The van der Waals surface area contributed by atoms with Gasteiger partial charge in [-0.25, -0.2) is 82.5 Å². The predicted molar refractivity (Wildman–Crippen MR) is 460 cm³/mol. The molecule has 2 amide bonds. The number of pyridine rings is 6. The number of alkyl halides is 1. The number of aromatic nitrogens is 6. The van der Waals surface area contributed by atoms with E-state index in [9.17, 15) is 53.6 Å². The molecule has 2 aromatic carbocycles. The second-order valence-electron chi connectivity index (χ2n) is 26.6. The summed E-state index contributed by atoms with van der Waals surface area (Å²) >= 11 is 20.7. The van der Waals surface area contributed by atoms with Crippen molar-refractivity contribution >= 4 is 166 Å². The van der Waals surface area contributed by atoms with Gasteiger partial charge in [0.25, 0.3) is 0 Å². The van der Waals surface area contributed by atoms with E-state index in [1.54, 1.807) is 79.2 Å². The van der Waals surface area contributed by atoms with E-state index in [1.165, 1.54) is 95.1 Å². The van der Waals surface area contributed by atoms with Gasteiger partial charge in [0.05, 0.1) is 64.5 Å². The van der Waals surface area contributed by atoms with Gasteiger partial charge in [-0.05, 0) is 228 Å². The molecule has 0 aliphatic carbocycles. The van der Waals surface area contributed by atoms with Crippen LogP contribution in [-0.2, 0) is 45.3 Å². The molecule has 0 saturated heterocycles. The van der Waals surface area contributed by atoms with Crippen molar-refractivity contribution in [1.82, 2.24) is 43.4 Å². The summed E-state index contributed by atoms with van der Waals surface area (Å²) < 4.78 is 160. The third-order valence-corrected chi connectivity index (χ3v) is 21.2. The summed E-state index contributed by atoms with van der Waals surface area (Å²) in [7, 11) is -4.08. The monoisotopic (exact) mass is 2060 g/mol. The molecule has 0 spiro atoms. The third-order valence-electron chi connectivity index (χ3n) is 14.8. The van der Waals surface area contributed by atoms with Gasteiger partial charge in [-0.15, -0.1) is 17.3 Å². The summed E-state index contributed by atoms with van der Waals surface area (Å²) in [6.45, 7) is 18.7. The van der Waals surface area contributed by atoms with E-state index in [2.05, 4.69) is 124 Å². The number of ether oxygens (including phenoxy) is 9. The molecule has 0 bridgehead atoms. The molecule has 0 unspecified atom stereocenters. The number of aliphatic imine (C=N–C) groups is 2. The summed E-state index contributed by atoms with van der Waals surface area (Å²) in [6, 6.07) is 20.6. The number of nitrogens with one attached hydrogen (secondary N) is 2. The van der Waals surface area contributed by atoms with Crippen LogP contribution in [0.1, 0.15) is 104 Å². The first-order valence-corrected chi connectivity index (χ1v) is 42.1. The lowest BCUT2D eigenvalue weighted by molar-refractivity contribution is 0.0132. The number of imide groups is 1. The van der Waals surface area contributed by atoms with E-state index < -0.39 is 95.3 Å². The van der Waals surface area contributed by atoms with Gasteiger partial charge >= 0.3 is 12.2 Å². The molecular weight excluding hydrogens is 1980 g/mol. The van der Waals surface area contributed by atoms with Crippen LogP contribution < -0.4 is 45.0 Å². The van der Waals surface area contributed by atoms with Gasteiger partial charge in [0.15, 0.2) is 34.5 Å². The smallest absolute Gasteiger partial charge is 0.427 e. The van der Waals surface area contributed by atoms with Crippen LogP contribution in [0.3, 0.4) is 0 Å². The predicted octanol–water partition coefficient (Wildman–Crippen LogP) is 16.4. The SMILES string of the molecule is Brc1cc2c(cn1)OCO2.C/C(F)=C/c1ccc(F)c([C@]2(C)CS(=O)(=O)N(C)C(N(C(=O)OC(C)(C)C)C(=O)OC(C)(C)C)=N2)c1.CCOc1c[nH]c(Br)cc1=O.CCOc1ccc(Br)nc1.CN1C(N)=N[C@](C)(c2cc(/C=C(\F)c3cc4c(cn3)OCO4)ccc2F)CS1(=O)=O.COCCl.Cl.O=c1cc(Br)[nH]cc1O.Oc1ccc(Br)nc1. The number of benzene rings is 2. The first-order valence-electron chi connectivity index (χ1n) is 34.4. The number of nitrogens with two attached hydrogens (primary N) is 1. The number of halogens is 11. The Balaban J connectivity index is 0.000000315. The maximum Gasteiger partial charge on any atom is 0.427 e. The van der Waals surface area contributed by atoms with Crippen molar-refractivity contribution in [1.29, 1.82) is 0 Å². The Bertz CT molecular complexity index is 5240. The number of carbonyl (C=O) groups is 2. The third kappa shape index (κ3) is 32.4. The van der Waals surface area contributed by atoms with Crippen molar-refractivity contribution in [2.75, 3.05) is 65.6 Å². The standard InChI is InChI=1S/C24H33F2N3O6S.C19H18F2N4O4S.C7H8BrNO2.C7H8BrNO.C6H4BrNO2.C5H4BrNO2.C5H4BrNO.C2H5ClO.ClH/c1-15(25)12-16-10-11-18(26)17(13-16)24(8)14-36(32,33)28(9)19(27-24)29(20(30)34-22(2,3)4)21(31)35-23(5,6)7;1-19(9-30(26,27)25(2)18(22)24-19)12-5-11(3-4-13(12)20)6-14(21)15-7-16-17(8-23-15)29-10-28-16;1-2-11-6-4-9-7(8)3-5(6)10;1-2-10-6-3-4-7(8)9-5-6;7-6-1-4-5(2-8-6)10-3-9-4;6-5-1-3(8)4(9)2-7-5;6-5-2-1-4(8)3-7-5;1-4-2-3;/h10-13H,14H2,1-9H3;3-8H,9-10H2,1-2H3,(H2,22,24);3-4H,2H2,1H3,(H,9,10);3-5H,2H2,1H3;1-2H,3H2;1-2,9H,(H,7,8);1-3,8H;2H2,1H3;1H/b15-12-;14-6-;;;;;;;/t24-;19-;;;;;;;/m00......./s1. The van der Waals surface area contributed by atoms with Gasteiger partial charge in [0.1, 0.15) is 76.8 Å². The molecule has 10 heterocycles. The zero-order valence-electron chi connectivity index (χ0n) is 66.1. The number of guanidine groups is 2. The zero-order valence-corrected chi connectivity index (χ0v) is 77.2. The van der Waals surface area contributed by atoms with Gasteiger partial charge in [-0.1, -0.05) is 23.7 Å². The van der Waals surface area contributed by atoms with E-state index in [0.29, 0.717) is 73.0 Å². The van der Waals surface area contributed by atoms with Crippen molar-refractivity contribution in [3.05, 3.63) is 211 Å². The molecule has 44 heteroatoms. The van der Waals surface area contributed by atoms with Crippen molar-refractivity contribution in [3.8, 4) is 46.0 Å². The molecule has 4 aliphatic heterocycles. The van der Waals surface area contributed by atoms with E-state index in [0.717, 1.165) is 60.9 Å². The number of H-pyrrole nitrogens is 2. The first-order chi connectivity index (χ1) is 55.1. The molecule has 6 N–H and O–H groups in total. The molecule has 0 radical (unpaired) electrons. The maximum atomic E-state index is 15.0. The number of methoxy groups -OCH3 is 1. The number of nitrogens with zero attached hydrogens (tertiary/aromatic N) is 9. The first kappa shape index (κ1) is 102. The van der Waals surface area contributed by atoms with Crippen LogP contribution in [0.15, 0.2) is 171 Å². The molecular formula is C75H85Br5Cl2F4N12O19S2. The number of aromatic hydroxyl groups is 2. The Morgan fingerprint density at radius 1 is 0.639 bits per heavy atom. The molecule has 119 heavy (non-hydrogen) atoms. The van der Waals surface area contributed by atoms with Crippen molar-refractivity contribution in [3.63, 3.8) is 0 Å². The number of aromatic amines is 2. The average molecular weight is 2070 g/mol. The highest BCUT2D eigenvalue weighted by Gasteiger charge is 2.48. The molecule has 0 fully saturated rings. The summed E-state index contributed by atoms with van der Waals surface area (Å²) in [5.41, 5.74) is 0.283. The largest absolute Gasteiger partial charge is 0.506 e. The molecule has 4 aliphatic rings. The lowest BCUT2D eigenvalue weighted by Crippen LogP contribution is -2.58. The summed E-state index contributed by atoms with van der Waals surface area (Å²) in [4.78, 5) is 77.9. The van der Waals surface area contributed by atoms with Crippen molar-refractivity contribution < 1.29 is 96.8 Å². The number of fused-ring (bicyclic) bond motifs is 2. The van der Waals surface area contributed by atoms with Crippen molar-refractivity contribution in [2.45, 2.75) is 98.4 Å². The maximum absolute atomic E-state index is 15.0. The summed E-state index contributed by atoms with van der Waals surface area (Å²) in [5, 5.41) is 17.4. The number of rotatable bonds is 10. The minimum atomic E-state index is -4.23. The van der Waals surface area contributed by atoms with Gasteiger partial charge in [-0.2, -0.15) is 0 Å². The Hall–Kier alpha value is -9.14. The number of sulfonamides is 2. The van der Waals surface area contributed by atoms with Crippen LogP contribution in [0.25, 0.3) is 18.0 Å². The second kappa shape index (κ2) is 46.0. The van der Waals surface area contributed by atoms with Crippen molar-refractivity contribution in [2.24, 2.45) is 15.7 Å². The van der Waals surface area contributed by atoms with Crippen LogP contribution in [0.5, 0.6) is 46.0 Å². The number of hydrogen-bond acceptors (Lipinski definition) is 26. The van der Waals surface area contributed by atoms with Crippen LogP contribution in [0, 0.1) is 11.6 Å². The minimum absolute atomic E-state index is 0. The fourth-order valence-corrected chi connectivity index (χ4v) is 13.9. The van der Waals surface area contributed by atoms with Crippen LogP contribution in [0.2, 0.25) is 0 Å². The van der Waals surface area contributed by atoms with Crippen LogP contribution >= 0.6 is 104 Å². The number of carbonyl (C=O) groups excluding carboxylic acids is 2. The average Bonchev–Trinajstić information content (AvgIpc) is 0.865. The van der Waals surface area contributed by atoms with E-state index in [-0.39, 0.29) is 69.9 Å². The molecule has 31 nitrogen and oxygen atoms in total. The lowest BCUT2D eigenvalue weighted by atomic mass is 9.92. The van der Waals surface area contributed by atoms with Gasteiger partial charge < -0.3 is 68.5 Å². The van der Waals surface area contributed by atoms with Gasteiger partial charge in [0, 0.05) is 69.0 Å². The second-order valence-corrected chi connectivity index (χ2v) is 35.0. The zero-order chi connectivity index (χ0) is 88.4. The summed E-state index contributed by atoms with van der Waals surface area (Å²) in [5.74, 6) is -1.40. The normalized spacial score (nSPS) is 16.3. The van der Waals surface area contributed by atoms with Gasteiger partial charge in [0.2, 0.25) is 56.4 Å². The van der Waals surface area contributed by atoms with E-state index >= 15 is 0 Å². The Morgan fingerprint density at radius 3 is 1.55 bits per heavy atom. The number of allylic oxidation sites excluding steroid dienone is 1. The van der Waals surface area contributed by atoms with Crippen LogP contribution in [0.4, 0.5) is 27.2 Å². The number of hydrogen-bond donors (Lipinski definition) is 5. The van der Waals surface area contributed by atoms with E-state index in [1.807, 2.05) is 26.0 Å². The molecule has 12 rings (SSSR count). The fourth-order valence-electron chi connectivity index (χ4n) is 9.54. The fraction of sp³-hybridized carbons (Fsp3) is 0.333. The Morgan fingerprint density at radius 2 is 1.10 bits per heavy atom. The van der Waals surface area contributed by atoms with Gasteiger partial charge in [-0.3, -0.25) is 9.59 Å². The highest BCUT2D eigenvalue weighted by atomic mass is 79.9. The minimum Gasteiger partial charge on any atom is -0.506 e. The highest BCUT2D eigenvalue weighted by Crippen LogP contribution is 2.39. The number of amides is 2. The molecule has 648 valence electrons. The van der Waals surface area contributed by atoms with Crippen LogP contribution in [-0.4, -0.2) is 171 Å². The quantitative estimate of drug-likeness (QED) is 0.0482. The highest BCUT2D eigenvalue weighted by molar-refractivity contribution is 9.11. The lowest BCUT2D eigenvalue weighted by Gasteiger charge is -2.39. The summed E-state index contributed by atoms with van der Waals surface area (Å²) in [6.07, 6.45) is 8.66. The Labute approximate surface area is 736 Å². The van der Waals surface area contributed by atoms with E-state index in [4.69, 9.17) is 65.4 Å². The topological polar surface area (TPSA) is 404 Å². The molecule has 8 aromatic rings. The molecule has 2 atom stereocenters. The molecule has 6 aromatic heterocycles. The Kier molecular flexibility index (Phi) is 39.5.